The molecule has 0 aromatic rings. The molecule has 0 radical (unpaired) electrons. The Morgan fingerprint density at radius 1 is 1.50 bits per heavy atom. The lowest BCUT2D eigenvalue weighted by atomic mass is 10.1. The number of rotatable bonds is 4. The zero-order valence-corrected chi connectivity index (χ0v) is 8.11. The summed E-state index contributed by atoms with van der Waals surface area (Å²) in [6.07, 6.45) is 2.00. The van der Waals surface area contributed by atoms with Crippen LogP contribution in [0.1, 0.15) is 40.0 Å². The smallest absolute Gasteiger partial charge is 0.225 e. The third-order valence-electron chi connectivity index (χ3n) is 1.38. The maximum atomic E-state index is 11.0. The van der Waals surface area contributed by atoms with Crippen molar-refractivity contribution >= 4 is 11.7 Å². The predicted molar refractivity (Wildman–Crippen MR) is 50.2 cm³/mol. The monoisotopic (exact) mass is 170 g/mol. The summed E-state index contributed by atoms with van der Waals surface area (Å²) >= 11 is 0. The predicted octanol–water partition coefficient (Wildman–Crippen LogP) is 1.93. The van der Waals surface area contributed by atoms with Gasteiger partial charge in [-0.3, -0.25) is 10.2 Å². The van der Waals surface area contributed by atoms with Gasteiger partial charge < -0.3 is 5.32 Å². The van der Waals surface area contributed by atoms with Crippen molar-refractivity contribution in [2.45, 2.75) is 40.0 Å². The first-order chi connectivity index (χ1) is 5.56. The lowest BCUT2D eigenvalue weighted by Gasteiger charge is -2.07. The van der Waals surface area contributed by atoms with Crippen LogP contribution in [0.25, 0.3) is 0 Å². The number of hydrogen-bond donors (Lipinski definition) is 2. The Kier molecular flexibility index (Phi) is 5.34. The number of carbonyl (C=O) groups is 1. The van der Waals surface area contributed by atoms with Gasteiger partial charge in [0.1, 0.15) is 0 Å². The highest BCUT2D eigenvalue weighted by Gasteiger charge is 2.04. The largest absolute Gasteiger partial charge is 0.315 e. The van der Waals surface area contributed by atoms with Gasteiger partial charge in [0.05, 0.1) is 5.84 Å². The number of carbonyl (C=O) groups excluding carboxylic acids is 1. The van der Waals surface area contributed by atoms with E-state index in [9.17, 15) is 4.79 Å². The first-order valence-corrected chi connectivity index (χ1v) is 4.43. The van der Waals surface area contributed by atoms with E-state index >= 15 is 0 Å². The first kappa shape index (κ1) is 11.1. The Bertz CT molecular complexity index is 164. The zero-order chi connectivity index (χ0) is 9.56. The Labute approximate surface area is 74.1 Å². The average molecular weight is 170 g/mol. The lowest BCUT2D eigenvalue weighted by Crippen LogP contribution is -2.30. The molecule has 12 heavy (non-hydrogen) atoms. The molecule has 0 heterocycles. The van der Waals surface area contributed by atoms with Gasteiger partial charge in [0.15, 0.2) is 0 Å². The van der Waals surface area contributed by atoms with Crippen molar-refractivity contribution in [2.75, 3.05) is 0 Å². The minimum Gasteiger partial charge on any atom is -0.315 e. The highest BCUT2D eigenvalue weighted by molar-refractivity contribution is 5.96. The molecule has 0 aliphatic rings. The molecule has 0 rings (SSSR count). The topological polar surface area (TPSA) is 53.0 Å². The van der Waals surface area contributed by atoms with Crippen LogP contribution in [0.4, 0.5) is 0 Å². The highest BCUT2D eigenvalue weighted by Crippen LogP contribution is 1.98. The highest BCUT2D eigenvalue weighted by atomic mass is 16.1. The van der Waals surface area contributed by atoms with Gasteiger partial charge in [0.25, 0.3) is 0 Å². The van der Waals surface area contributed by atoms with E-state index in [4.69, 9.17) is 5.41 Å². The summed E-state index contributed by atoms with van der Waals surface area (Å²) in [6.45, 7) is 6.01. The summed E-state index contributed by atoms with van der Waals surface area (Å²) in [5, 5.41) is 9.95. The van der Waals surface area contributed by atoms with Crippen molar-refractivity contribution in [1.82, 2.24) is 5.32 Å². The Balaban J connectivity index is 3.62. The van der Waals surface area contributed by atoms with E-state index in [0.717, 1.165) is 6.42 Å². The molecule has 0 aliphatic carbocycles. The van der Waals surface area contributed by atoms with Crippen LogP contribution in [0.5, 0.6) is 0 Å². The molecule has 1 amide bonds. The molecule has 0 atom stereocenters. The summed E-state index contributed by atoms with van der Waals surface area (Å²) in [6, 6.07) is 0. The number of hydrogen-bond acceptors (Lipinski definition) is 2. The second-order valence-electron chi connectivity index (χ2n) is 3.37. The second kappa shape index (κ2) is 5.75. The van der Waals surface area contributed by atoms with Gasteiger partial charge in [-0.1, -0.05) is 20.8 Å². The average Bonchev–Trinajstić information content (AvgIpc) is 1.84. The second-order valence-corrected chi connectivity index (χ2v) is 3.37. The molecule has 0 saturated heterocycles. The van der Waals surface area contributed by atoms with Gasteiger partial charge in [0, 0.05) is 12.8 Å². The molecule has 0 fully saturated rings. The minimum atomic E-state index is -0.0387. The number of amides is 1. The van der Waals surface area contributed by atoms with Crippen LogP contribution in [0.2, 0.25) is 0 Å². The minimum absolute atomic E-state index is 0.0387. The molecule has 3 heteroatoms. The van der Waals surface area contributed by atoms with Gasteiger partial charge in [-0.05, 0) is 12.3 Å². The Hall–Kier alpha value is -0.860. The molecule has 0 unspecified atom stereocenters. The third-order valence-corrected chi connectivity index (χ3v) is 1.38. The van der Waals surface area contributed by atoms with Gasteiger partial charge in [0.2, 0.25) is 5.91 Å². The van der Waals surface area contributed by atoms with Crippen LogP contribution in [0, 0.1) is 11.3 Å². The summed E-state index contributed by atoms with van der Waals surface area (Å²) < 4.78 is 0. The van der Waals surface area contributed by atoms with Crippen LogP contribution in [0.3, 0.4) is 0 Å². The molecular formula is C9H18N2O. The molecule has 2 N–H and O–H groups in total. The van der Waals surface area contributed by atoms with Gasteiger partial charge >= 0.3 is 0 Å². The van der Waals surface area contributed by atoms with E-state index in [-0.39, 0.29) is 5.91 Å². The molecule has 0 aromatic carbocycles. The first-order valence-electron chi connectivity index (χ1n) is 4.43. The number of amidine groups is 1. The summed E-state index contributed by atoms with van der Waals surface area (Å²) in [5.74, 6) is 0.728. The summed E-state index contributed by atoms with van der Waals surface area (Å²) in [7, 11) is 0. The van der Waals surface area contributed by atoms with Gasteiger partial charge in [-0.15, -0.1) is 0 Å². The third kappa shape index (κ3) is 5.89. The summed E-state index contributed by atoms with van der Waals surface area (Å²) in [5.41, 5.74) is 0. The van der Waals surface area contributed by atoms with Gasteiger partial charge in [-0.25, -0.2) is 0 Å². The fourth-order valence-corrected chi connectivity index (χ4v) is 0.917. The van der Waals surface area contributed by atoms with E-state index in [1.54, 1.807) is 0 Å². The van der Waals surface area contributed by atoms with E-state index in [1.807, 2.05) is 20.8 Å². The molecule has 0 aliphatic heterocycles. The number of nitrogens with one attached hydrogen (secondary N) is 2. The van der Waals surface area contributed by atoms with Crippen molar-refractivity contribution in [3.63, 3.8) is 0 Å². The molecule has 0 bridgehead atoms. The van der Waals surface area contributed by atoms with Crippen LogP contribution in [-0.4, -0.2) is 11.7 Å². The lowest BCUT2D eigenvalue weighted by molar-refractivity contribution is -0.119. The molecule has 3 nitrogen and oxygen atoms in total. The van der Waals surface area contributed by atoms with Crippen molar-refractivity contribution in [2.24, 2.45) is 5.92 Å². The van der Waals surface area contributed by atoms with Crippen LogP contribution >= 0.6 is 0 Å². The SMILES string of the molecule is CCCC(=O)NC(=N)CC(C)C. The molecular weight excluding hydrogens is 152 g/mol. The maximum Gasteiger partial charge on any atom is 0.225 e. The quantitative estimate of drug-likeness (QED) is 0.491. The van der Waals surface area contributed by atoms with Crippen LogP contribution < -0.4 is 5.32 Å². The van der Waals surface area contributed by atoms with Crippen molar-refractivity contribution in [1.29, 1.82) is 5.41 Å². The Morgan fingerprint density at radius 2 is 2.08 bits per heavy atom. The zero-order valence-electron chi connectivity index (χ0n) is 8.11. The van der Waals surface area contributed by atoms with E-state index in [2.05, 4.69) is 5.32 Å². The van der Waals surface area contributed by atoms with Crippen LogP contribution in [-0.2, 0) is 4.79 Å². The van der Waals surface area contributed by atoms with Crippen molar-refractivity contribution in [3.05, 3.63) is 0 Å². The van der Waals surface area contributed by atoms with E-state index in [0.29, 0.717) is 24.6 Å². The normalized spacial score (nSPS) is 10.0. The van der Waals surface area contributed by atoms with Crippen LogP contribution in [0.15, 0.2) is 0 Å². The van der Waals surface area contributed by atoms with Gasteiger partial charge in [-0.2, -0.15) is 0 Å². The molecule has 0 saturated carbocycles. The molecule has 0 spiro atoms. The fourth-order valence-electron chi connectivity index (χ4n) is 0.917. The fraction of sp³-hybridized carbons (Fsp3) is 0.778. The maximum absolute atomic E-state index is 11.0. The van der Waals surface area contributed by atoms with Crippen molar-refractivity contribution < 1.29 is 4.79 Å². The summed E-state index contributed by atoms with van der Waals surface area (Å²) in [4.78, 5) is 11.0. The standard InChI is InChI=1S/C9H18N2O/c1-4-5-9(12)11-8(10)6-7(2)3/h7H,4-6H2,1-3H3,(H2,10,11,12). The molecule has 70 valence electrons. The van der Waals surface area contributed by atoms with E-state index in [1.165, 1.54) is 0 Å². The van der Waals surface area contributed by atoms with E-state index < -0.39 is 0 Å². The molecule has 0 aromatic heterocycles. The Morgan fingerprint density at radius 3 is 2.50 bits per heavy atom. The van der Waals surface area contributed by atoms with Crippen molar-refractivity contribution in [3.8, 4) is 0 Å².